The van der Waals surface area contributed by atoms with Gasteiger partial charge in [0.2, 0.25) is 0 Å². The van der Waals surface area contributed by atoms with Gasteiger partial charge in [-0.05, 0) is 29.5 Å². The lowest BCUT2D eigenvalue weighted by Crippen LogP contribution is -2.12. The van der Waals surface area contributed by atoms with Gasteiger partial charge in [0.1, 0.15) is 0 Å². The van der Waals surface area contributed by atoms with Crippen LogP contribution in [0.1, 0.15) is 30.2 Å². The summed E-state index contributed by atoms with van der Waals surface area (Å²) in [6.07, 6.45) is 2.20. The second-order valence-electron chi connectivity index (χ2n) is 5.49. The number of benzene rings is 1. The monoisotopic (exact) mass is 323 g/mol. The summed E-state index contributed by atoms with van der Waals surface area (Å²) in [5.74, 6) is 0. The molecule has 118 valence electrons. The van der Waals surface area contributed by atoms with E-state index >= 15 is 0 Å². The number of rotatable bonds is 7. The van der Waals surface area contributed by atoms with Crippen molar-refractivity contribution in [1.29, 1.82) is 0 Å². The molecule has 2 heterocycles. The van der Waals surface area contributed by atoms with Gasteiger partial charge in [-0.2, -0.15) is 5.10 Å². The predicted molar refractivity (Wildman–Crippen MR) is 98.2 cm³/mol. The molecule has 0 aliphatic carbocycles. The topological polar surface area (TPSA) is 40.7 Å². The SMILES string of the molecule is C=C(NCc1cc(-c2cccs2)[nH]n1)c1ccccc1CCC. The number of nitrogens with one attached hydrogen (secondary N) is 2. The summed E-state index contributed by atoms with van der Waals surface area (Å²) in [7, 11) is 0. The maximum atomic E-state index is 4.37. The zero-order valence-electron chi connectivity index (χ0n) is 13.3. The lowest BCUT2D eigenvalue weighted by Gasteiger charge is -2.13. The Morgan fingerprint density at radius 2 is 2.13 bits per heavy atom. The lowest BCUT2D eigenvalue weighted by molar-refractivity contribution is 0.837. The molecule has 0 radical (unpaired) electrons. The van der Waals surface area contributed by atoms with Gasteiger partial charge >= 0.3 is 0 Å². The van der Waals surface area contributed by atoms with E-state index in [1.54, 1.807) is 11.3 Å². The van der Waals surface area contributed by atoms with Gasteiger partial charge in [-0.15, -0.1) is 11.3 Å². The Morgan fingerprint density at radius 1 is 1.26 bits per heavy atom. The quantitative estimate of drug-likeness (QED) is 0.652. The minimum Gasteiger partial charge on any atom is -0.379 e. The van der Waals surface area contributed by atoms with E-state index in [1.165, 1.54) is 16.0 Å². The van der Waals surface area contributed by atoms with Crippen LogP contribution in [0, 0.1) is 0 Å². The molecule has 0 aliphatic heterocycles. The van der Waals surface area contributed by atoms with Crippen LogP contribution < -0.4 is 5.32 Å². The Morgan fingerprint density at radius 3 is 2.91 bits per heavy atom. The third-order valence-corrected chi connectivity index (χ3v) is 4.67. The third kappa shape index (κ3) is 3.71. The summed E-state index contributed by atoms with van der Waals surface area (Å²) in [5, 5.41) is 12.9. The van der Waals surface area contributed by atoms with Crippen molar-refractivity contribution in [3.8, 4) is 10.6 Å². The minimum absolute atomic E-state index is 0.668. The van der Waals surface area contributed by atoms with E-state index in [0.717, 1.165) is 29.9 Å². The van der Waals surface area contributed by atoms with Gasteiger partial charge in [-0.3, -0.25) is 5.10 Å². The zero-order valence-corrected chi connectivity index (χ0v) is 14.1. The van der Waals surface area contributed by atoms with Gasteiger partial charge in [0, 0.05) is 11.3 Å². The first-order valence-corrected chi connectivity index (χ1v) is 8.75. The van der Waals surface area contributed by atoms with Crippen molar-refractivity contribution in [3.63, 3.8) is 0 Å². The molecule has 0 aliphatic rings. The summed E-state index contributed by atoms with van der Waals surface area (Å²) in [6, 6.07) is 14.7. The predicted octanol–water partition coefficient (Wildman–Crippen LogP) is 4.85. The van der Waals surface area contributed by atoms with Gasteiger partial charge in [0.25, 0.3) is 0 Å². The number of H-pyrrole nitrogens is 1. The van der Waals surface area contributed by atoms with E-state index in [2.05, 4.69) is 70.8 Å². The molecular weight excluding hydrogens is 302 g/mol. The first-order valence-electron chi connectivity index (χ1n) is 7.87. The van der Waals surface area contributed by atoms with Crippen molar-refractivity contribution in [2.75, 3.05) is 0 Å². The van der Waals surface area contributed by atoms with Crippen LogP contribution in [0.25, 0.3) is 16.3 Å². The fourth-order valence-corrected chi connectivity index (χ4v) is 3.30. The van der Waals surface area contributed by atoms with E-state index in [-0.39, 0.29) is 0 Å². The highest BCUT2D eigenvalue weighted by Crippen LogP contribution is 2.23. The standard InChI is InChI=1S/C19H21N3S/c1-3-7-15-8-4-5-9-17(15)14(2)20-13-16-12-18(22-21-16)19-10-6-11-23-19/h4-6,8-12,20H,2-3,7,13H2,1H3,(H,21,22). The molecule has 2 aromatic heterocycles. The average molecular weight is 323 g/mol. The molecule has 0 atom stereocenters. The molecule has 0 fully saturated rings. The van der Waals surface area contributed by atoms with Crippen molar-refractivity contribution in [2.45, 2.75) is 26.3 Å². The molecule has 0 saturated heterocycles. The maximum Gasteiger partial charge on any atom is 0.0819 e. The van der Waals surface area contributed by atoms with Crippen LogP contribution >= 0.6 is 11.3 Å². The molecule has 0 saturated carbocycles. The van der Waals surface area contributed by atoms with Gasteiger partial charge in [0.15, 0.2) is 0 Å². The molecule has 2 N–H and O–H groups in total. The van der Waals surface area contributed by atoms with E-state index in [1.807, 2.05) is 6.07 Å². The van der Waals surface area contributed by atoms with Crippen LogP contribution in [0.15, 0.2) is 54.4 Å². The van der Waals surface area contributed by atoms with E-state index in [4.69, 9.17) is 0 Å². The van der Waals surface area contributed by atoms with E-state index in [9.17, 15) is 0 Å². The molecule has 0 amide bonds. The lowest BCUT2D eigenvalue weighted by atomic mass is 10.0. The van der Waals surface area contributed by atoms with Gasteiger partial charge < -0.3 is 5.32 Å². The largest absolute Gasteiger partial charge is 0.379 e. The molecule has 3 aromatic rings. The number of aryl methyl sites for hydroxylation is 1. The number of hydrogen-bond acceptors (Lipinski definition) is 3. The number of hydrogen-bond donors (Lipinski definition) is 2. The van der Waals surface area contributed by atoms with E-state index in [0.29, 0.717) is 6.54 Å². The third-order valence-electron chi connectivity index (χ3n) is 3.76. The Kier molecular flexibility index (Phi) is 4.93. The normalized spacial score (nSPS) is 10.7. The van der Waals surface area contributed by atoms with Crippen LogP contribution in [-0.4, -0.2) is 10.2 Å². The highest BCUT2D eigenvalue weighted by Gasteiger charge is 2.07. The zero-order chi connectivity index (χ0) is 16.1. The molecule has 3 rings (SSSR count). The number of aromatic nitrogens is 2. The molecule has 0 unspecified atom stereocenters. The number of aromatic amines is 1. The first-order chi connectivity index (χ1) is 11.3. The summed E-state index contributed by atoms with van der Waals surface area (Å²) < 4.78 is 0. The molecule has 1 aromatic carbocycles. The van der Waals surface area contributed by atoms with Crippen LogP contribution in [0.3, 0.4) is 0 Å². The summed E-state index contributed by atoms with van der Waals surface area (Å²) in [4.78, 5) is 1.20. The van der Waals surface area contributed by atoms with Gasteiger partial charge in [-0.25, -0.2) is 0 Å². The van der Waals surface area contributed by atoms with Crippen LogP contribution in [-0.2, 0) is 13.0 Å². The fourth-order valence-electron chi connectivity index (χ4n) is 2.61. The van der Waals surface area contributed by atoms with Crippen LogP contribution in [0.4, 0.5) is 0 Å². The Balaban J connectivity index is 1.65. The van der Waals surface area contributed by atoms with Crippen molar-refractivity contribution in [2.24, 2.45) is 0 Å². The molecule has 3 nitrogen and oxygen atoms in total. The van der Waals surface area contributed by atoms with Gasteiger partial charge in [0.05, 0.1) is 22.8 Å². The average Bonchev–Trinajstić information content (AvgIpc) is 3.24. The maximum absolute atomic E-state index is 4.37. The Labute approximate surface area is 141 Å². The van der Waals surface area contributed by atoms with Crippen molar-refractivity contribution >= 4 is 17.0 Å². The van der Waals surface area contributed by atoms with Crippen molar-refractivity contribution in [1.82, 2.24) is 15.5 Å². The summed E-state index contributed by atoms with van der Waals surface area (Å²) in [5.41, 5.74) is 5.54. The van der Waals surface area contributed by atoms with Crippen molar-refractivity contribution in [3.05, 3.63) is 71.2 Å². The minimum atomic E-state index is 0.668. The van der Waals surface area contributed by atoms with Crippen LogP contribution in [0.2, 0.25) is 0 Å². The smallest absolute Gasteiger partial charge is 0.0819 e. The second-order valence-corrected chi connectivity index (χ2v) is 6.44. The fraction of sp³-hybridized carbons (Fsp3) is 0.211. The second kappa shape index (κ2) is 7.29. The summed E-state index contributed by atoms with van der Waals surface area (Å²) in [6.45, 7) is 7.06. The number of nitrogens with zero attached hydrogens (tertiary/aromatic N) is 1. The van der Waals surface area contributed by atoms with Crippen molar-refractivity contribution < 1.29 is 0 Å². The highest BCUT2D eigenvalue weighted by molar-refractivity contribution is 7.13. The Bertz CT molecular complexity index is 772. The highest BCUT2D eigenvalue weighted by atomic mass is 32.1. The first kappa shape index (κ1) is 15.6. The molecule has 0 bridgehead atoms. The van der Waals surface area contributed by atoms with E-state index < -0.39 is 0 Å². The van der Waals surface area contributed by atoms with Gasteiger partial charge in [-0.1, -0.05) is 50.3 Å². The summed E-state index contributed by atoms with van der Waals surface area (Å²) >= 11 is 1.71. The Hall–Kier alpha value is -2.33. The molecule has 4 heteroatoms. The van der Waals surface area contributed by atoms with Crippen LogP contribution in [0.5, 0.6) is 0 Å². The molecule has 0 spiro atoms. The molecule has 23 heavy (non-hydrogen) atoms. The molecular formula is C19H21N3S. The number of thiophene rings is 1.